The van der Waals surface area contributed by atoms with Gasteiger partial charge in [-0.3, -0.25) is 0 Å². The molecule has 0 aromatic heterocycles. The van der Waals surface area contributed by atoms with Gasteiger partial charge in [0.05, 0.1) is 12.2 Å². The van der Waals surface area contributed by atoms with Crippen LogP contribution >= 0.6 is 11.6 Å². The van der Waals surface area contributed by atoms with Gasteiger partial charge in [0.25, 0.3) is 0 Å². The van der Waals surface area contributed by atoms with Crippen LogP contribution in [0.4, 0.5) is 0 Å². The highest BCUT2D eigenvalue weighted by molar-refractivity contribution is 6.30. The van der Waals surface area contributed by atoms with Gasteiger partial charge in [0.15, 0.2) is 0 Å². The molecule has 0 bridgehead atoms. The first kappa shape index (κ1) is 13.6. The lowest BCUT2D eigenvalue weighted by Gasteiger charge is -2.06. The van der Waals surface area contributed by atoms with Crippen molar-refractivity contribution in [2.24, 2.45) is 0 Å². The van der Waals surface area contributed by atoms with Crippen LogP contribution in [0.15, 0.2) is 48.5 Å². The molecule has 19 heavy (non-hydrogen) atoms. The summed E-state index contributed by atoms with van der Waals surface area (Å²) in [6.45, 7) is 0.460. The maximum Gasteiger partial charge on any atom is 0.343 e. The fourth-order valence-corrected chi connectivity index (χ4v) is 1.75. The molecule has 0 heterocycles. The molecule has 3 nitrogen and oxygen atoms in total. The molecule has 98 valence electrons. The Hall–Kier alpha value is -1.84. The number of methoxy groups -OCH3 is 1. The number of benzene rings is 2. The van der Waals surface area contributed by atoms with E-state index >= 15 is 0 Å². The predicted octanol–water partition coefficient (Wildman–Crippen LogP) is 3.71. The van der Waals surface area contributed by atoms with Crippen molar-refractivity contribution >= 4 is 17.6 Å². The average molecular weight is 277 g/mol. The second kappa shape index (κ2) is 6.36. The average Bonchev–Trinajstić information content (AvgIpc) is 2.42. The van der Waals surface area contributed by atoms with Crippen molar-refractivity contribution in [3.63, 3.8) is 0 Å². The van der Waals surface area contributed by atoms with Crippen LogP contribution in [0.25, 0.3) is 0 Å². The smallest absolute Gasteiger partial charge is 0.343 e. The van der Waals surface area contributed by atoms with Gasteiger partial charge in [-0.25, -0.2) is 4.79 Å². The predicted molar refractivity (Wildman–Crippen MR) is 73.6 cm³/mol. The summed E-state index contributed by atoms with van der Waals surface area (Å²) in [4.78, 5) is 12.0. The number of ether oxygens (including phenoxy) is 2. The topological polar surface area (TPSA) is 35.5 Å². The molecule has 0 saturated carbocycles. The van der Waals surface area contributed by atoms with Gasteiger partial charge in [-0.15, -0.1) is 0 Å². The highest BCUT2D eigenvalue weighted by atomic mass is 35.5. The molecule has 0 aliphatic rings. The van der Waals surface area contributed by atoms with E-state index in [2.05, 4.69) is 0 Å². The lowest BCUT2D eigenvalue weighted by Crippen LogP contribution is -2.08. The first-order valence-corrected chi connectivity index (χ1v) is 6.12. The van der Waals surface area contributed by atoms with Crippen LogP contribution in [0.5, 0.6) is 5.75 Å². The van der Waals surface area contributed by atoms with Crippen molar-refractivity contribution in [1.82, 2.24) is 0 Å². The second-order valence-corrected chi connectivity index (χ2v) is 4.41. The SMILES string of the molecule is COCc1cccc(C(=O)Oc2ccc(Cl)cc2)c1. The molecule has 0 amide bonds. The summed E-state index contributed by atoms with van der Waals surface area (Å²) in [5, 5.41) is 0.599. The van der Waals surface area contributed by atoms with Crippen molar-refractivity contribution in [3.05, 3.63) is 64.7 Å². The van der Waals surface area contributed by atoms with Gasteiger partial charge in [-0.05, 0) is 42.0 Å². The van der Waals surface area contributed by atoms with E-state index in [1.807, 2.05) is 6.07 Å². The maximum absolute atomic E-state index is 12.0. The lowest BCUT2D eigenvalue weighted by atomic mass is 10.1. The number of esters is 1. The van der Waals surface area contributed by atoms with Crippen molar-refractivity contribution in [2.45, 2.75) is 6.61 Å². The van der Waals surface area contributed by atoms with Crippen LogP contribution < -0.4 is 4.74 Å². The Balaban J connectivity index is 2.11. The highest BCUT2D eigenvalue weighted by Gasteiger charge is 2.09. The minimum Gasteiger partial charge on any atom is -0.423 e. The van der Waals surface area contributed by atoms with Crippen LogP contribution in [0.2, 0.25) is 5.02 Å². The maximum atomic E-state index is 12.0. The third-order valence-electron chi connectivity index (χ3n) is 2.50. The number of hydrogen-bond acceptors (Lipinski definition) is 3. The van der Waals surface area contributed by atoms with E-state index < -0.39 is 5.97 Å². The number of carbonyl (C=O) groups excluding carboxylic acids is 1. The molecule has 2 aromatic rings. The van der Waals surface area contributed by atoms with Gasteiger partial charge in [0.1, 0.15) is 5.75 Å². The molecule has 0 aliphatic carbocycles. The van der Waals surface area contributed by atoms with E-state index in [0.717, 1.165) is 5.56 Å². The van der Waals surface area contributed by atoms with E-state index in [1.165, 1.54) is 0 Å². The first-order chi connectivity index (χ1) is 9.19. The molecule has 0 fully saturated rings. The number of carbonyl (C=O) groups is 1. The molecule has 0 spiro atoms. The van der Waals surface area contributed by atoms with Crippen molar-refractivity contribution in [3.8, 4) is 5.75 Å². The third kappa shape index (κ3) is 3.81. The molecule has 2 aromatic carbocycles. The molecule has 0 aliphatic heterocycles. The molecule has 0 atom stereocenters. The van der Waals surface area contributed by atoms with Crippen LogP contribution in [0.1, 0.15) is 15.9 Å². The molecule has 0 saturated heterocycles. The fraction of sp³-hybridized carbons (Fsp3) is 0.133. The molecular formula is C15H13ClO3. The Morgan fingerprint density at radius 3 is 2.58 bits per heavy atom. The zero-order chi connectivity index (χ0) is 13.7. The number of hydrogen-bond donors (Lipinski definition) is 0. The Kier molecular flexibility index (Phi) is 4.55. The molecule has 2 rings (SSSR count). The van der Waals surface area contributed by atoms with E-state index in [9.17, 15) is 4.79 Å². The summed E-state index contributed by atoms with van der Waals surface area (Å²) >= 11 is 5.77. The van der Waals surface area contributed by atoms with Crippen LogP contribution in [0, 0.1) is 0 Å². The summed E-state index contributed by atoms with van der Waals surface area (Å²) < 4.78 is 10.3. The Morgan fingerprint density at radius 1 is 1.16 bits per heavy atom. The quantitative estimate of drug-likeness (QED) is 0.631. The number of halogens is 1. The first-order valence-electron chi connectivity index (χ1n) is 5.74. The standard InChI is InChI=1S/C15H13ClO3/c1-18-10-11-3-2-4-12(9-11)15(17)19-14-7-5-13(16)6-8-14/h2-9H,10H2,1H3. The highest BCUT2D eigenvalue weighted by Crippen LogP contribution is 2.17. The van der Waals surface area contributed by atoms with Gasteiger partial charge in [-0.2, -0.15) is 0 Å². The summed E-state index contributed by atoms with van der Waals surface area (Å²) in [7, 11) is 1.61. The number of rotatable bonds is 4. The lowest BCUT2D eigenvalue weighted by molar-refractivity contribution is 0.0734. The van der Waals surface area contributed by atoms with Crippen LogP contribution in [-0.2, 0) is 11.3 Å². The van der Waals surface area contributed by atoms with Gasteiger partial charge in [0.2, 0.25) is 0 Å². The normalized spacial score (nSPS) is 10.2. The second-order valence-electron chi connectivity index (χ2n) is 3.98. The minimum atomic E-state index is -0.403. The molecule has 4 heteroatoms. The summed E-state index contributed by atoms with van der Waals surface area (Å²) in [5.41, 5.74) is 1.41. The summed E-state index contributed by atoms with van der Waals surface area (Å²) in [5.74, 6) is 0.0619. The summed E-state index contributed by atoms with van der Waals surface area (Å²) in [6, 6.07) is 13.8. The Labute approximate surface area is 116 Å². The van der Waals surface area contributed by atoms with Gasteiger partial charge in [-0.1, -0.05) is 23.7 Å². The minimum absolute atomic E-state index is 0.403. The Morgan fingerprint density at radius 2 is 1.89 bits per heavy atom. The molecule has 0 radical (unpaired) electrons. The molecular weight excluding hydrogens is 264 g/mol. The van der Waals surface area contributed by atoms with Crippen molar-refractivity contribution < 1.29 is 14.3 Å². The van der Waals surface area contributed by atoms with E-state index in [1.54, 1.807) is 49.6 Å². The fourth-order valence-electron chi connectivity index (χ4n) is 1.62. The van der Waals surface area contributed by atoms with E-state index in [4.69, 9.17) is 21.1 Å². The zero-order valence-electron chi connectivity index (χ0n) is 10.4. The van der Waals surface area contributed by atoms with Crippen molar-refractivity contribution in [1.29, 1.82) is 0 Å². The largest absolute Gasteiger partial charge is 0.423 e. The Bertz CT molecular complexity index is 564. The van der Waals surface area contributed by atoms with Gasteiger partial charge >= 0.3 is 5.97 Å². The van der Waals surface area contributed by atoms with Gasteiger partial charge in [0, 0.05) is 12.1 Å². The molecule has 0 unspecified atom stereocenters. The zero-order valence-corrected chi connectivity index (χ0v) is 11.2. The van der Waals surface area contributed by atoms with E-state index in [-0.39, 0.29) is 0 Å². The van der Waals surface area contributed by atoms with Crippen molar-refractivity contribution in [2.75, 3.05) is 7.11 Å². The monoisotopic (exact) mass is 276 g/mol. The summed E-state index contributed by atoms with van der Waals surface area (Å²) in [6.07, 6.45) is 0. The van der Waals surface area contributed by atoms with Gasteiger partial charge < -0.3 is 9.47 Å². The molecule has 0 N–H and O–H groups in total. The van der Waals surface area contributed by atoms with Crippen LogP contribution in [-0.4, -0.2) is 13.1 Å². The third-order valence-corrected chi connectivity index (χ3v) is 2.75. The van der Waals surface area contributed by atoms with E-state index in [0.29, 0.717) is 22.9 Å². The van der Waals surface area contributed by atoms with Crippen LogP contribution in [0.3, 0.4) is 0 Å².